The first-order chi connectivity index (χ1) is 36.6. The molecule has 0 radical (unpaired) electrons. The fourth-order valence-electron chi connectivity index (χ4n) is 8.87. The molecular weight excluding hydrogens is 955 g/mol. The minimum absolute atomic E-state index is 0.196. The van der Waals surface area contributed by atoms with Gasteiger partial charge >= 0.3 is 0 Å². The maximum atomic E-state index is 13.2. The number of carbonyl (C=O) groups is 1. The minimum atomic E-state index is -1.80. The number of unbranched alkanes of at least 4 members (excludes halogenated alkanes) is 17. The summed E-state index contributed by atoms with van der Waals surface area (Å²) in [4.78, 5) is 13.2. The first-order valence-corrected chi connectivity index (χ1v) is 29.0. The van der Waals surface area contributed by atoms with Crippen LogP contribution in [-0.4, -0.2) is 140 Å². The molecule has 12 unspecified atom stereocenters. The van der Waals surface area contributed by atoms with Crippen LogP contribution in [0.5, 0.6) is 0 Å². The van der Waals surface area contributed by atoms with Gasteiger partial charge in [-0.05, 0) is 70.6 Å². The van der Waals surface area contributed by atoms with Gasteiger partial charge in [0.25, 0.3) is 0 Å². The molecule has 0 aromatic heterocycles. The van der Waals surface area contributed by atoms with Crippen molar-refractivity contribution in [1.29, 1.82) is 0 Å². The van der Waals surface area contributed by atoms with Crippen molar-refractivity contribution in [1.82, 2.24) is 5.32 Å². The molecule has 2 heterocycles. The van der Waals surface area contributed by atoms with Gasteiger partial charge in [0.2, 0.25) is 5.91 Å². The minimum Gasteiger partial charge on any atom is -0.394 e. The third-order valence-electron chi connectivity index (χ3n) is 13.5. The second kappa shape index (κ2) is 45.9. The van der Waals surface area contributed by atoms with Crippen LogP contribution in [0.15, 0.2) is 97.2 Å². The molecule has 2 saturated heterocycles. The van der Waals surface area contributed by atoms with Gasteiger partial charge in [-0.15, -0.1) is 0 Å². The summed E-state index contributed by atoms with van der Waals surface area (Å²) >= 11 is 0. The molecule has 14 heteroatoms. The highest BCUT2D eigenvalue weighted by atomic mass is 16.7. The molecule has 0 saturated carbocycles. The van der Waals surface area contributed by atoms with Crippen molar-refractivity contribution in [2.24, 2.45) is 0 Å². The van der Waals surface area contributed by atoms with Crippen LogP contribution in [0.3, 0.4) is 0 Å². The third-order valence-corrected chi connectivity index (χ3v) is 13.5. The van der Waals surface area contributed by atoms with E-state index < -0.39 is 86.8 Å². The van der Waals surface area contributed by atoms with E-state index in [0.717, 1.165) is 70.6 Å². The number of hydrogen-bond donors (Lipinski definition) is 9. The summed E-state index contributed by atoms with van der Waals surface area (Å²) in [5.41, 5.74) is 0. The van der Waals surface area contributed by atoms with Gasteiger partial charge in [-0.25, -0.2) is 0 Å². The second-order valence-corrected chi connectivity index (χ2v) is 20.0. The number of nitrogens with one attached hydrogen (secondary N) is 1. The number of allylic oxidation sites excluding steroid dienone is 15. The summed E-state index contributed by atoms with van der Waals surface area (Å²) in [6, 6.07) is -0.952. The summed E-state index contributed by atoms with van der Waals surface area (Å²) in [5, 5.41) is 87.0. The van der Waals surface area contributed by atoms with Gasteiger partial charge in [-0.3, -0.25) is 4.79 Å². The second-order valence-electron chi connectivity index (χ2n) is 20.0. The maximum Gasteiger partial charge on any atom is 0.220 e. The lowest BCUT2D eigenvalue weighted by Crippen LogP contribution is -2.65. The fraction of sp³-hybridized carbons (Fsp3) is 0.721. The van der Waals surface area contributed by atoms with Gasteiger partial charge in [0.15, 0.2) is 12.6 Å². The van der Waals surface area contributed by atoms with Crippen LogP contribution in [0.2, 0.25) is 0 Å². The molecule has 12 atom stereocenters. The number of amides is 1. The number of ether oxygens (including phenoxy) is 4. The van der Waals surface area contributed by atoms with E-state index in [-0.39, 0.29) is 18.9 Å². The van der Waals surface area contributed by atoms with E-state index in [1.54, 1.807) is 6.08 Å². The zero-order valence-electron chi connectivity index (χ0n) is 46.0. The van der Waals surface area contributed by atoms with Gasteiger partial charge < -0.3 is 65.1 Å². The molecular formula is C61H103NO13. The van der Waals surface area contributed by atoms with Crippen LogP contribution in [-0.2, 0) is 23.7 Å². The predicted molar refractivity (Wildman–Crippen MR) is 299 cm³/mol. The van der Waals surface area contributed by atoms with E-state index in [9.17, 15) is 45.6 Å². The number of rotatable bonds is 44. The normalized spacial score (nSPS) is 25.8. The molecule has 0 aliphatic carbocycles. The van der Waals surface area contributed by atoms with E-state index in [0.29, 0.717) is 12.8 Å². The Balaban J connectivity index is 1.83. The standard InChI is InChI=1S/C61H103NO13/c1-3-5-7-9-11-13-15-17-19-21-23-24-25-26-27-29-31-33-35-37-39-41-43-45-53(66)62-49(50(65)44-42-40-38-36-34-32-30-28-22-20-18-16-14-12-10-8-6-4-2)48-72-60-58(71)56(69)59(52(47-64)74-60)75-61-57(70)55(68)54(67)51(46-63)73-61/h5,7,11,13,17,19,23-24,26-27,31,33,37,39,42,44,49-52,54-61,63-65,67-71H,3-4,6,8-10,12,14-16,18,20-22,25,28-30,32,34-36,38,40-41,43,45-48H2,1-2H3,(H,62,66)/b7-5-,13-11-,19-17-,24-23-,27-26-,33-31-,39-37-,44-42+. The zero-order chi connectivity index (χ0) is 54.6. The lowest BCUT2D eigenvalue weighted by atomic mass is 9.97. The van der Waals surface area contributed by atoms with E-state index in [4.69, 9.17) is 18.9 Å². The molecule has 9 N–H and O–H groups in total. The van der Waals surface area contributed by atoms with E-state index in [1.807, 2.05) is 12.2 Å². The SMILES string of the molecule is CC/C=C\C/C=C\C/C=C\C/C=C\C/C=C\C/C=C\C/C=C\CCCC(=O)NC(COC1OC(CO)C(OC2OC(CO)C(O)C(O)C2O)C(O)C1O)C(O)/C=C/CCCCCCCCCCCCCCCCCC. The van der Waals surface area contributed by atoms with Crippen LogP contribution in [0.25, 0.3) is 0 Å². The smallest absolute Gasteiger partial charge is 0.220 e. The molecule has 430 valence electrons. The molecule has 2 aliphatic rings. The molecule has 0 aromatic rings. The van der Waals surface area contributed by atoms with E-state index in [1.165, 1.54) is 83.5 Å². The Morgan fingerprint density at radius 1 is 0.493 bits per heavy atom. The first-order valence-electron chi connectivity index (χ1n) is 29.0. The molecule has 1 amide bonds. The third kappa shape index (κ3) is 31.8. The number of carbonyl (C=O) groups excluding carboxylic acids is 1. The summed E-state index contributed by atoms with van der Waals surface area (Å²) in [5.74, 6) is -0.300. The zero-order valence-corrected chi connectivity index (χ0v) is 46.0. The van der Waals surface area contributed by atoms with Crippen molar-refractivity contribution in [3.63, 3.8) is 0 Å². The Kier molecular flexibility index (Phi) is 41.6. The average molecular weight is 1060 g/mol. The number of aliphatic hydroxyl groups is 8. The largest absolute Gasteiger partial charge is 0.394 e. The highest BCUT2D eigenvalue weighted by Crippen LogP contribution is 2.30. The number of hydrogen-bond acceptors (Lipinski definition) is 13. The Hall–Kier alpha value is -3.09. The summed E-state index contributed by atoms with van der Waals surface area (Å²) < 4.78 is 22.7. The molecule has 2 rings (SSSR count). The molecule has 2 aliphatic heterocycles. The van der Waals surface area contributed by atoms with Gasteiger partial charge in [-0.2, -0.15) is 0 Å². The van der Waals surface area contributed by atoms with Crippen molar-refractivity contribution in [2.45, 2.75) is 261 Å². The summed E-state index contributed by atoms with van der Waals surface area (Å²) in [7, 11) is 0. The first kappa shape index (κ1) is 68.0. The van der Waals surface area contributed by atoms with Crippen molar-refractivity contribution in [3.8, 4) is 0 Å². The topological polar surface area (TPSA) is 228 Å². The van der Waals surface area contributed by atoms with E-state index in [2.05, 4.69) is 98.2 Å². The van der Waals surface area contributed by atoms with Crippen LogP contribution in [0.4, 0.5) is 0 Å². The quantitative estimate of drug-likeness (QED) is 0.0205. The summed E-state index contributed by atoms with van der Waals surface area (Å²) in [6.45, 7) is 2.63. The summed E-state index contributed by atoms with van der Waals surface area (Å²) in [6.07, 6.45) is 45.8. The van der Waals surface area contributed by atoms with Crippen molar-refractivity contribution in [3.05, 3.63) is 97.2 Å². The van der Waals surface area contributed by atoms with Crippen molar-refractivity contribution >= 4 is 5.91 Å². The lowest BCUT2D eigenvalue weighted by molar-refractivity contribution is -0.359. The molecule has 2 fully saturated rings. The lowest BCUT2D eigenvalue weighted by Gasteiger charge is -2.46. The van der Waals surface area contributed by atoms with Crippen LogP contribution >= 0.6 is 0 Å². The van der Waals surface area contributed by atoms with Gasteiger partial charge in [0, 0.05) is 6.42 Å². The van der Waals surface area contributed by atoms with Gasteiger partial charge in [-0.1, -0.05) is 207 Å². The number of aliphatic hydroxyl groups excluding tert-OH is 8. The molecule has 14 nitrogen and oxygen atoms in total. The van der Waals surface area contributed by atoms with E-state index >= 15 is 0 Å². The van der Waals surface area contributed by atoms with Crippen molar-refractivity contribution in [2.75, 3.05) is 19.8 Å². The van der Waals surface area contributed by atoms with Gasteiger partial charge in [0.1, 0.15) is 48.8 Å². The maximum absolute atomic E-state index is 13.2. The highest BCUT2D eigenvalue weighted by molar-refractivity contribution is 5.76. The van der Waals surface area contributed by atoms with Gasteiger partial charge in [0.05, 0.1) is 32.0 Å². The van der Waals surface area contributed by atoms with Crippen LogP contribution < -0.4 is 5.32 Å². The average Bonchev–Trinajstić information content (AvgIpc) is 3.41. The molecule has 0 spiro atoms. The molecule has 0 bridgehead atoms. The fourth-order valence-corrected chi connectivity index (χ4v) is 8.87. The Morgan fingerprint density at radius 2 is 0.920 bits per heavy atom. The highest BCUT2D eigenvalue weighted by Gasteiger charge is 2.51. The van der Waals surface area contributed by atoms with Crippen LogP contribution in [0, 0.1) is 0 Å². The predicted octanol–water partition coefficient (Wildman–Crippen LogP) is 9.49. The molecule has 75 heavy (non-hydrogen) atoms. The Bertz CT molecular complexity index is 1620. The Morgan fingerprint density at radius 3 is 1.40 bits per heavy atom. The Labute approximate surface area is 452 Å². The molecule has 0 aromatic carbocycles. The van der Waals surface area contributed by atoms with Crippen LogP contribution in [0.1, 0.15) is 187 Å². The van der Waals surface area contributed by atoms with Crippen molar-refractivity contribution < 1.29 is 64.6 Å². The monoisotopic (exact) mass is 1060 g/mol.